The van der Waals surface area contributed by atoms with Crippen LogP contribution in [0.4, 0.5) is 0 Å². The Morgan fingerprint density at radius 1 is 1.57 bits per heavy atom. The van der Waals surface area contributed by atoms with Gasteiger partial charge < -0.3 is 9.64 Å². The van der Waals surface area contributed by atoms with Gasteiger partial charge >= 0.3 is 5.97 Å². The van der Waals surface area contributed by atoms with Crippen molar-refractivity contribution in [1.82, 2.24) is 9.80 Å². The Kier molecular flexibility index (Phi) is 4.35. The average Bonchev–Trinajstić information content (AvgIpc) is 2.50. The standard InChI is InChI=1S/C10H20N2O2/c1-11(2)7-8-14-10(13)9-5-4-6-12(9)3/h9H,4-8H2,1-3H3/t9-/m0/s1. The molecule has 0 aliphatic carbocycles. The number of hydrogen-bond acceptors (Lipinski definition) is 4. The van der Waals surface area contributed by atoms with Crippen LogP contribution in [0.15, 0.2) is 0 Å². The molecule has 0 aromatic carbocycles. The van der Waals surface area contributed by atoms with Crippen LogP contribution >= 0.6 is 0 Å². The van der Waals surface area contributed by atoms with E-state index in [0.717, 1.165) is 25.9 Å². The molecule has 1 saturated heterocycles. The largest absolute Gasteiger partial charge is 0.463 e. The highest BCUT2D eigenvalue weighted by molar-refractivity contribution is 5.76. The predicted molar refractivity (Wildman–Crippen MR) is 55.2 cm³/mol. The lowest BCUT2D eigenvalue weighted by molar-refractivity contribution is -0.148. The van der Waals surface area contributed by atoms with Crippen LogP contribution in [-0.4, -0.2) is 62.7 Å². The second kappa shape index (κ2) is 5.32. The minimum Gasteiger partial charge on any atom is -0.463 e. The molecule has 0 saturated carbocycles. The second-order valence-corrected chi connectivity index (χ2v) is 4.11. The molecule has 1 aliphatic rings. The number of likely N-dealkylation sites (tertiary alicyclic amines) is 1. The second-order valence-electron chi connectivity index (χ2n) is 4.11. The molecular weight excluding hydrogens is 180 g/mol. The fraction of sp³-hybridized carbons (Fsp3) is 0.900. The molecule has 1 heterocycles. The zero-order valence-electron chi connectivity index (χ0n) is 9.32. The van der Waals surface area contributed by atoms with Gasteiger partial charge in [0.15, 0.2) is 0 Å². The summed E-state index contributed by atoms with van der Waals surface area (Å²) in [6, 6.07) is -0.00263. The average molecular weight is 200 g/mol. The lowest BCUT2D eigenvalue weighted by atomic mass is 10.2. The number of nitrogens with zero attached hydrogens (tertiary/aromatic N) is 2. The van der Waals surface area contributed by atoms with Crippen LogP contribution in [0.3, 0.4) is 0 Å². The van der Waals surface area contributed by atoms with Crippen molar-refractivity contribution in [2.45, 2.75) is 18.9 Å². The number of ether oxygens (including phenoxy) is 1. The Bertz CT molecular complexity index is 195. The lowest BCUT2D eigenvalue weighted by Gasteiger charge is -2.18. The Morgan fingerprint density at radius 2 is 2.29 bits per heavy atom. The van der Waals surface area contributed by atoms with Gasteiger partial charge in [-0.25, -0.2) is 0 Å². The summed E-state index contributed by atoms with van der Waals surface area (Å²) in [5.74, 6) is -0.0631. The van der Waals surface area contributed by atoms with E-state index in [-0.39, 0.29) is 12.0 Å². The fourth-order valence-electron chi connectivity index (χ4n) is 1.63. The number of hydrogen-bond donors (Lipinski definition) is 0. The lowest BCUT2D eigenvalue weighted by Crippen LogP contribution is -2.35. The van der Waals surface area contributed by atoms with E-state index in [1.54, 1.807) is 0 Å². The molecule has 0 aromatic heterocycles. The molecule has 1 aliphatic heterocycles. The third-order valence-electron chi connectivity index (χ3n) is 2.58. The molecule has 1 atom stereocenters. The third kappa shape index (κ3) is 3.27. The van der Waals surface area contributed by atoms with Crippen LogP contribution in [-0.2, 0) is 9.53 Å². The fourth-order valence-corrected chi connectivity index (χ4v) is 1.63. The maximum atomic E-state index is 11.6. The van der Waals surface area contributed by atoms with Gasteiger partial charge in [0, 0.05) is 6.54 Å². The maximum Gasteiger partial charge on any atom is 0.323 e. The van der Waals surface area contributed by atoms with Crippen molar-refractivity contribution in [3.63, 3.8) is 0 Å². The van der Waals surface area contributed by atoms with Crippen LogP contribution in [0.1, 0.15) is 12.8 Å². The van der Waals surface area contributed by atoms with Gasteiger partial charge in [0.05, 0.1) is 0 Å². The van der Waals surface area contributed by atoms with Crippen molar-refractivity contribution in [3.8, 4) is 0 Å². The molecule has 4 nitrogen and oxygen atoms in total. The molecule has 0 unspecified atom stereocenters. The van der Waals surface area contributed by atoms with Crippen molar-refractivity contribution >= 4 is 5.97 Å². The van der Waals surface area contributed by atoms with Gasteiger partial charge in [-0.05, 0) is 40.5 Å². The van der Waals surface area contributed by atoms with E-state index < -0.39 is 0 Å². The summed E-state index contributed by atoms with van der Waals surface area (Å²) >= 11 is 0. The first-order valence-electron chi connectivity index (χ1n) is 5.13. The van der Waals surface area contributed by atoms with Crippen molar-refractivity contribution in [1.29, 1.82) is 0 Å². The molecule has 14 heavy (non-hydrogen) atoms. The monoisotopic (exact) mass is 200 g/mol. The van der Waals surface area contributed by atoms with E-state index in [4.69, 9.17) is 4.74 Å². The van der Waals surface area contributed by atoms with Crippen molar-refractivity contribution in [3.05, 3.63) is 0 Å². The molecule has 4 heteroatoms. The molecular formula is C10H20N2O2. The van der Waals surface area contributed by atoms with Crippen molar-refractivity contribution in [2.75, 3.05) is 40.8 Å². The highest BCUT2D eigenvalue weighted by atomic mass is 16.5. The zero-order valence-corrected chi connectivity index (χ0v) is 9.32. The molecule has 0 spiro atoms. The first-order chi connectivity index (χ1) is 6.61. The first-order valence-corrected chi connectivity index (χ1v) is 5.13. The number of carbonyl (C=O) groups is 1. The van der Waals surface area contributed by atoms with Gasteiger partial charge in [-0.1, -0.05) is 0 Å². The van der Waals surface area contributed by atoms with E-state index in [2.05, 4.69) is 4.90 Å². The van der Waals surface area contributed by atoms with Gasteiger partial charge in [-0.15, -0.1) is 0 Å². The summed E-state index contributed by atoms with van der Waals surface area (Å²) in [5.41, 5.74) is 0. The van der Waals surface area contributed by atoms with E-state index >= 15 is 0 Å². The van der Waals surface area contributed by atoms with Gasteiger partial charge in [0.2, 0.25) is 0 Å². The predicted octanol–water partition coefficient (Wildman–Crippen LogP) is 0.185. The van der Waals surface area contributed by atoms with Crippen molar-refractivity contribution in [2.24, 2.45) is 0 Å². The number of esters is 1. The van der Waals surface area contributed by atoms with Crippen LogP contribution in [0.5, 0.6) is 0 Å². The SMILES string of the molecule is CN(C)CCOC(=O)[C@@H]1CCCN1C. The molecule has 0 N–H and O–H groups in total. The Balaban J connectivity index is 2.21. The minimum absolute atomic E-state index is 0.00263. The highest BCUT2D eigenvalue weighted by Gasteiger charge is 2.28. The summed E-state index contributed by atoms with van der Waals surface area (Å²) < 4.78 is 5.18. The van der Waals surface area contributed by atoms with Gasteiger partial charge in [-0.2, -0.15) is 0 Å². The van der Waals surface area contributed by atoms with Crippen LogP contribution < -0.4 is 0 Å². The minimum atomic E-state index is -0.0631. The normalized spacial score (nSPS) is 23.0. The molecule has 82 valence electrons. The van der Waals surface area contributed by atoms with E-state index in [1.807, 2.05) is 26.0 Å². The Hall–Kier alpha value is -0.610. The van der Waals surface area contributed by atoms with E-state index in [0.29, 0.717) is 6.61 Å². The van der Waals surface area contributed by atoms with E-state index in [9.17, 15) is 4.79 Å². The first kappa shape index (κ1) is 11.5. The zero-order chi connectivity index (χ0) is 10.6. The summed E-state index contributed by atoms with van der Waals surface area (Å²) in [6.07, 6.45) is 2.04. The van der Waals surface area contributed by atoms with Gasteiger partial charge in [-0.3, -0.25) is 9.69 Å². The number of rotatable bonds is 4. The Morgan fingerprint density at radius 3 is 2.79 bits per heavy atom. The highest BCUT2D eigenvalue weighted by Crippen LogP contribution is 2.15. The quantitative estimate of drug-likeness (QED) is 0.606. The summed E-state index contributed by atoms with van der Waals surface area (Å²) in [6.45, 7) is 2.30. The summed E-state index contributed by atoms with van der Waals surface area (Å²) in [5, 5.41) is 0. The topological polar surface area (TPSA) is 32.8 Å². The molecule has 0 radical (unpaired) electrons. The molecule has 1 rings (SSSR count). The number of likely N-dealkylation sites (N-methyl/N-ethyl adjacent to an activating group) is 2. The van der Waals surface area contributed by atoms with Crippen molar-refractivity contribution < 1.29 is 9.53 Å². The molecule has 0 amide bonds. The van der Waals surface area contributed by atoms with Gasteiger partial charge in [0.25, 0.3) is 0 Å². The summed E-state index contributed by atoms with van der Waals surface area (Å²) in [7, 11) is 5.91. The number of carbonyl (C=O) groups excluding carboxylic acids is 1. The summed E-state index contributed by atoms with van der Waals surface area (Å²) in [4.78, 5) is 15.6. The van der Waals surface area contributed by atoms with Crippen LogP contribution in [0.2, 0.25) is 0 Å². The van der Waals surface area contributed by atoms with Crippen LogP contribution in [0, 0.1) is 0 Å². The van der Waals surface area contributed by atoms with Crippen LogP contribution in [0.25, 0.3) is 0 Å². The van der Waals surface area contributed by atoms with E-state index in [1.165, 1.54) is 0 Å². The van der Waals surface area contributed by atoms with Gasteiger partial charge in [0.1, 0.15) is 12.6 Å². The third-order valence-corrected chi connectivity index (χ3v) is 2.58. The molecule has 1 fully saturated rings. The molecule has 0 bridgehead atoms. The molecule has 0 aromatic rings. The maximum absolute atomic E-state index is 11.6. The smallest absolute Gasteiger partial charge is 0.323 e. The Labute approximate surface area is 85.8 Å².